The van der Waals surface area contributed by atoms with E-state index >= 15 is 0 Å². The SMILES string of the molecule is Nc1ncnc2c1c(-c1cc(O)cc(F)c1)nn2Cc1cc2ccccn2c1-c1ccccn1. The summed E-state index contributed by atoms with van der Waals surface area (Å²) in [5.74, 6) is -0.560. The number of aromatic nitrogens is 6. The lowest BCUT2D eigenvalue weighted by molar-refractivity contribution is 0.469. The molecule has 6 rings (SSSR count). The number of nitrogens with zero attached hydrogens (tertiary/aromatic N) is 6. The molecular weight excluding hydrogens is 433 g/mol. The van der Waals surface area contributed by atoms with Gasteiger partial charge >= 0.3 is 0 Å². The first-order valence-electron chi connectivity index (χ1n) is 10.6. The van der Waals surface area contributed by atoms with Gasteiger partial charge in [-0.2, -0.15) is 5.10 Å². The molecule has 8 nitrogen and oxygen atoms in total. The van der Waals surface area contributed by atoms with Gasteiger partial charge in [-0.05, 0) is 42.5 Å². The molecule has 5 heterocycles. The largest absolute Gasteiger partial charge is 0.508 e. The first-order valence-corrected chi connectivity index (χ1v) is 10.6. The summed E-state index contributed by atoms with van der Waals surface area (Å²) < 4.78 is 17.9. The third-order valence-electron chi connectivity index (χ3n) is 5.70. The number of hydrogen-bond donors (Lipinski definition) is 2. The van der Waals surface area contributed by atoms with Crippen LogP contribution in [0.4, 0.5) is 10.2 Å². The molecule has 0 fully saturated rings. The first-order chi connectivity index (χ1) is 16.6. The lowest BCUT2D eigenvalue weighted by atomic mass is 10.1. The van der Waals surface area contributed by atoms with E-state index in [2.05, 4.69) is 25.4 Å². The molecule has 6 aromatic rings. The van der Waals surface area contributed by atoms with Crippen molar-refractivity contribution in [3.05, 3.63) is 90.8 Å². The van der Waals surface area contributed by atoms with Gasteiger partial charge in [-0.3, -0.25) is 4.98 Å². The average Bonchev–Trinajstić information content (AvgIpc) is 3.38. The highest BCUT2D eigenvalue weighted by atomic mass is 19.1. The summed E-state index contributed by atoms with van der Waals surface area (Å²) in [6, 6.07) is 17.6. The first kappa shape index (κ1) is 19.9. The van der Waals surface area contributed by atoms with E-state index < -0.39 is 5.82 Å². The monoisotopic (exact) mass is 451 g/mol. The highest BCUT2D eigenvalue weighted by molar-refractivity contribution is 5.98. The quantitative estimate of drug-likeness (QED) is 0.414. The van der Waals surface area contributed by atoms with Crippen LogP contribution in [0.1, 0.15) is 5.56 Å². The standard InChI is InChI=1S/C25H18FN7O/c26-17-9-15(11-19(34)12-17)22-21-24(27)29-14-30-25(21)33(31-22)13-16-10-18-5-2-4-8-32(18)23(16)20-6-1-3-7-28-20/h1-12,14,34H,13H2,(H2,27,29,30). The molecule has 1 aromatic carbocycles. The molecule has 0 unspecified atom stereocenters. The minimum Gasteiger partial charge on any atom is -0.508 e. The van der Waals surface area contributed by atoms with Crippen molar-refractivity contribution < 1.29 is 9.50 Å². The maximum atomic E-state index is 14.1. The number of pyridine rings is 2. The maximum Gasteiger partial charge on any atom is 0.164 e. The van der Waals surface area contributed by atoms with Crippen LogP contribution in [0.25, 0.3) is 39.2 Å². The molecule has 34 heavy (non-hydrogen) atoms. The van der Waals surface area contributed by atoms with Crippen molar-refractivity contribution in [2.24, 2.45) is 0 Å². The molecule has 0 saturated heterocycles. The minimum atomic E-state index is -0.579. The van der Waals surface area contributed by atoms with Gasteiger partial charge in [-0.15, -0.1) is 0 Å². The molecule has 0 aliphatic heterocycles. The minimum absolute atomic E-state index is 0.204. The van der Waals surface area contributed by atoms with Crippen LogP contribution in [0.3, 0.4) is 0 Å². The van der Waals surface area contributed by atoms with Crippen molar-refractivity contribution in [3.63, 3.8) is 0 Å². The third-order valence-corrected chi connectivity index (χ3v) is 5.70. The number of phenols is 1. The van der Waals surface area contributed by atoms with Gasteiger partial charge in [0, 0.05) is 35.1 Å². The Labute approximate surface area is 192 Å². The molecule has 9 heteroatoms. The second-order valence-electron chi connectivity index (χ2n) is 7.89. The fourth-order valence-corrected chi connectivity index (χ4v) is 4.31. The van der Waals surface area contributed by atoms with Crippen molar-refractivity contribution in [2.45, 2.75) is 6.54 Å². The van der Waals surface area contributed by atoms with E-state index in [0.29, 0.717) is 28.8 Å². The Bertz CT molecular complexity index is 1650. The summed E-state index contributed by atoms with van der Waals surface area (Å²) in [6.07, 6.45) is 5.12. The van der Waals surface area contributed by atoms with Gasteiger partial charge in [-0.1, -0.05) is 12.1 Å². The van der Waals surface area contributed by atoms with Gasteiger partial charge < -0.3 is 15.2 Å². The van der Waals surface area contributed by atoms with E-state index in [0.717, 1.165) is 28.5 Å². The molecule has 0 atom stereocenters. The summed E-state index contributed by atoms with van der Waals surface area (Å²) in [5, 5.41) is 15.2. The molecule has 0 radical (unpaired) electrons. The summed E-state index contributed by atoms with van der Waals surface area (Å²) in [5.41, 5.74) is 11.2. The summed E-state index contributed by atoms with van der Waals surface area (Å²) >= 11 is 0. The topological polar surface area (TPSA) is 107 Å². The van der Waals surface area contributed by atoms with E-state index in [1.807, 2.05) is 42.6 Å². The Hall–Kier alpha value is -4.79. The molecule has 0 saturated carbocycles. The molecule has 0 aliphatic rings. The predicted octanol–water partition coefficient (Wildman–Crippen LogP) is 4.28. The summed E-state index contributed by atoms with van der Waals surface area (Å²) in [4.78, 5) is 13.1. The lowest BCUT2D eigenvalue weighted by Gasteiger charge is -2.07. The van der Waals surface area contributed by atoms with Crippen molar-refractivity contribution >= 4 is 22.4 Å². The zero-order chi connectivity index (χ0) is 23.2. The fraction of sp³-hybridized carbons (Fsp3) is 0.0400. The molecule has 3 N–H and O–H groups in total. The number of nitrogens with two attached hydrogens (primary N) is 1. The molecule has 0 spiro atoms. The zero-order valence-electron chi connectivity index (χ0n) is 17.8. The Kier molecular flexibility index (Phi) is 4.48. The Balaban J connectivity index is 1.57. The van der Waals surface area contributed by atoms with Crippen LogP contribution in [-0.2, 0) is 6.54 Å². The van der Waals surface area contributed by atoms with E-state index in [4.69, 9.17) is 10.8 Å². The Morgan fingerprint density at radius 3 is 2.68 bits per heavy atom. The van der Waals surface area contributed by atoms with Crippen molar-refractivity contribution in [2.75, 3.05) is 5.73 Å². The van der Waals surface area contributed by atoms with Crippen LogP contribution >= 0.6 is 0 Å². The number of phenolic OH excluding ortho intramolecular Hbond substituents is 1. The van der Waals surface area contributed by atoms with Crippen LogP contribution in [0, 0.1) is 5.82 Å². The van der Waals surface area contributed by atoms with Gasteiger partial charge in [0.1, 0.15) is 29.4 Å². The number of aromatic hydroxyl groups is 1. The predicted molar refractivity (Wildman–Crippen MR) is 127 cm³/mol. The van der Waals surface area contributed by atoms with Crippen LogP contribution in [0.5, 0.6) is 5.75 Å². The highest BCUT2D eigenvalue weighted by Crippen LogP contribution is 2.34. The molecule has 0 bridgehead atoms. The fourth-order valence-electron chi connectivity index (χ4n) is 4.31. The van der Waals surface area contributed by atoms with Gasteiger partial charge in [0.25, 0.3) is 0 Å². The molecule has 166 valence electrons. The van der Waals surface area contributed by atoms with Crippen LogP contribution < -0.4 is 5.73 Å². The lowest BCUT2D eigenvalue weighted by Crippen LogP contribution is -2.04. The number of rotatable bonds is 4. The second kappa shape index (κ2) is 7.66. The van der Waals surface area contributed by atoms with E-state index in [9.17, 15) is 9.50 Å². The number of halogens is 1. The number of nitrogen functional groups attached to an aromatic ring is 1. The third kappa shape index (κ3) is 3.22. The van der Waals surface area contributed by atoms with Crippen LogP contribution in [0.15, 0.2) is 79.4 Å². The molecule has 0 aliphatic carbocycles. The Morgan fingerprint density at radius 1 is 0.971 bits per heavy atom. The number of hydrogen-bond acceptors (Lipinski definition) is 6. The number of fused-ring (bicyclic) bond motifs is 2. The van der Waals surface area contributed by atoms with Gasteiger partial charge in [-0.25, -0.2) is 19.0 Å². The number of anilines is 1. The number of benzene rings is 1. The summed E-state index contributed by atoms with van der Waals surface area (Å²) in [7, 11) is 0. The van der Waals surface area contributed by atoms with Crippen molar-refractivity contribution in [1.82, 2.24) is 29.1 Å². The van der Waals surface area contributed by atoms with E-state index in [1.165, 1.54) is 18.5 Å². The van der Waals surface area contributed by atoms with Crippen molar-refractivity contribution in [3.8, 4) is 28.4 Å². The highest BCUT2D eigenvalue weighted by Gasteiger charge is 2.20. The molecule has 0 amide bonds. The van der Waals surface area contributed by atoms with Crippen LogP contribution in [0.2, 0.25) is 0 Å². The maximum absolute atomic E-state index is 14.1. The average molecular weight is 451 g/mol. The Morgan fingerprint density at radius 2 is 1.85 bits per heavy atom. The van der Waals surface area contributed by atoms with E-state index in [-0.39, 0.29) is 11.6 Å². The van der Waals surface area contributed by atoms with Crippen LogP contribution in [-0.4, -0.2) is 34.2 Å². The van der Waals surface area contributed by atoms with E-state index in [1.54, 1.807) is 10.9 Å². The molecular formula is C25H18FN7O. The molecule has 5 aromatic heterocycles. The van der Waals surface area contributed by atoms with Gasteiger partial charge in [0.2, 0.25) is 0 Å². The summed E-state index contributed by atoms with van der Waals surface area (Å²) in [6.45, 7) is 0.363. The smallest absolute Gasteiger partial charge is 0.164 e. The normalized spacial score (nSPS) is 11.4. The zero-order valence-corrected chi connectivity index (χ0v) is 17.8. The van der Waals surface area contributed by atoms with Gasteiger partial charge in [0.15, 0.2) is 5.65 Å². The van der Waals surface area contributed by atoms with Gasteiger partial charge in [0.05, 0.1) is 23.3 Å². The second-order valence-corrected chi connectivity index (χ2v) is 7.89. The van der Waals surface area contributed by atoms with Crippen molar-refractivity contribution in [1.29, 1.82) is 0 Å².